The fourth-order valence-corrected chi connectivity index (χ4v) is 3.36. The normalized spacial score (nSPS) is 10.7. The Morgan fingerprint density at radius 2 is 1.77 bits per heavy atom. The zero-order valence-electron chi connectivity index (χ0n) is 15.0. The SMILES string of the molecule is Cc1ccc(CC(=O)NCc2nnc(SCc3ccccc3)n2C)cc1. The summed E-state index contributed by atoms with van der Waals surface area (Å²) in [6, 6.07) is 18.2. The van der Waals surface area contributed by atoms with Crippen molar-refractivity contribution in [1.82, 2.24) is 20.1 Å². The lowest BCUT2D eigenvalue weighted by molar-refractivity contribution is -0.120. The first-order valence-corrected chi connectivity index (χ1v) is 9.47. The van der Waals surface area contributed by atoms with E-state index in [0.717, 1.165) is 22.3 Å². The van der Waals surface area contributed by atoms with Crippen molar-refractivity contribution in [3.05, 3.63) is 77.1 Å². The lowest BCUT2D eigenvalue weighted by Crippen LogP contribution is -2.26. The highest BCUT2D eigenvalue weighted by molar-refractivity contribution is 7.98. The van der Waals surface area contributed by atoms with Crippen LogP contribution in [-0.4, -0.2) is 20.7 Å². The van der Waals surface area contributed by atoms with Gasteiger partial charge < -0.3 is 9.88 Å². The van der Waals surface area contributed by atoms with Crippen molar-refractivity contribution >= 4 is 17.7 Å². The molecule has 0 aliphatic carbocycles. The number of nitrogens with one attached hydrogen (secondary N) is 1. The molecule has 0 bridgehead atoms. The van der Waals surface area contributed by atoms with Crippen molar-refractivity contribution in [2.24, 2.45) is 7.05 Å². The monoisotopic (exact) mass is 366 g/mol. The number of amides is 1. The van der Waals surface area contributed by atoms with E-state index in [1.807, 2.05) is 61.0 Å². The molecule has 5 nitrogen and oxygen atoms in total. The van der Waals surface area contributed by atoms with Crippen LogP contribution in [0.3, 0.4) is 0 Å². The van der Waals surface area contributed by atoms with Gasteiger partial charge in [-0.05, 0) is 18.1 Å². The van der Waals surface area contributed by atoms with Crippen molar-refractivity contribution < 1.29 is 4.79 Å². The van der Waals surface area contributed by atoms with Crippen molar-refractivity contribution in [2.75, 3.05) is 0 Å². The molecule has 134 valence electrons. The fraction of sp³-hybridized carbons (Fsp3) is 0.250. The van der Waals surface area contributed by atoms with Gasteiger partial charge in [0.1, 0.15) is 0 Å². The van der Waals surface area contributed by atoms with E-state index in [0.29, 0.717) is 13.0 Å². The maximum Gasteiger partial charge on any atom is 0.224 e. The van der Waals surface area contributed by atoms with Gasteiger partial charge in [0.15, 0.2) is 11.0 Å². The van der Waals surface area contributed by atoms with Crippen molar-refractivity contribution in [3.63, 3.8) is 0 Å². The number of rotatable bonds is 7. The van der Waals surface area contributed by atoms with E-state index in [2.05, 4.69) is 27.6 Å². The molecule has 6 heteroatoms. The number of carbonyl (C=O) groups is 1. The Bertz CT molecular complexity index is 859. The molecule has 0 fully saturated rings. The number of aromatic nitrogens is 3. The molecule has 0 saturated heterocycles. The van der Waals surface area contributed by atoms with Gasteiger partial charge in [0.25, 0.3) is 0 Å². The minimum absolute atomic E-state index is 0.0182. The molecule has 1 amide bonds. The fourth-order valence-electron chi connectivity index (χ4n) is 2.48. The number of hydrogen-bond donors (Lipinski definition) is 1. The summed E-state index contributed by atoms with van der Waals surface area (Å²) in [5.41, 5.74) is 3.44. The van der Waals surface area contributed by atoms with E-state index < -0.39 is 0 Å². The molecule has 0 unspecified atom stereocenters. The molecule has 0 atom stereocenters. The van der Waals surface area contributed by atoms with E-state index in [-0.39, 0.29) is 5.91 Å². The Kier molecular flexibility index (Phi) is 6.07. The summed E-state index contributed by atoms with van der Waals surface area (Å²) in [6.07, 6.45) is 0.369. The van der Waals surface area contributed by atoms with Crippen LogP contribution < -0.4 is 5.32 Å². The highest BCUT2D eigenvalue weighted by atomic mass is 32.2. The Balaban J connectivity index is 1.51. The molecular weight excluding hydrogens is 344 g/mol. The molecule has 3 aromatic rings. The second-order valence-corrected chi connectivity index (χ2v) is 7.11. The van der Waals surface area contributed by atoms with Gasteiger partial charge in [-0.2, -0.15) is 0 Å². The molecule has 1 aromatic heterocycles. The molecule has 0 spiro atoms. The summed E-state index contributed by atoms with van der Waals surface area (Å²) in [7, 11) is 1.93. The lowest BCUT2D eigenvalue weighted by atomic mass is 10.1. The lowest BCUT2D eigenvalue weighted by Gasteiger charge is -2.06. The largest absolute Gasteiger partial charge is 0.349 e. The maximum absolute atomic E-state index is 12.1. The van der Waals surface area contributed by atoms with Crippen LogP contribution in [0.4, 0.5) is 0 Å². The third-order valence-electron chi connectivity index (χ3n) is 4.06. The number of benzene rings is 2. The average Bonchev–Trinajstić information content (AvgIpc) is 3.01. The predicted octanol–water partition coefficient (Wildman–Crippen LogP) is 3.27. The predicted molar refractivity (Wildman–Crippen MR) is 104 cm³/mol. The summed E-state index contributed by atoms with van der Waals surface area (Å²) in [6.45, 7) is 2.41. The minimum atomic E-state index is -0.0182. The third kappa shape index (κ3) is 4.95. The van der Waals surface area contributed by atoms with Crippen LogP contribution in [0.1, 0.15) is 22.5 Å². The van der Waals surface area contributed by atoms with Crippen molar-refractivity contribution in [2.45, 2.75) is 30.8 Å². The first kappa shape index (κ1) is 18.2. The van der Waals surface area contributed by atoms with Gasteiger partial charge in [0, 0.05) is 12.8 Å². The quantitative estimate of drug-likeness (QED) is 0.652. The number of nitrogens with zero attached hydrogens (tertiary/aromatic N) is 3. The molecule has 0 radical (unpaired) electrons. The zero-order chi connectivity index (χ0) is 18.4. The second-order valence-electron chi connectivity index (χ2n) is 6.17. The molecule has 0 aliphatic rings. The number of carbonyl (C=O) groups excluding carboxylic acids is 1. The first-order valence-electron chi connectivity index (χ1n) is 8.49. The molecular formula is C20H22N4OS. The summed E-state index contributed by atoms with van der Waals surface area (Å²) >= 11 is 1.64. The summed E-state index contributed by atoms with van der Waals surface area (Å²) in [5, 5.41) is 12.2. The Labute approximate surface area is 157 Å². The van der Waals surface area contributed by atoms with Crippen LogP contribution in [-0.2, 0) is 30.6 Å². The molecule has 1 heterocycles. The van der Waals surface area contributed by atoms with Crippen LogP contribution in [0, 0.1) is 6.92 Å². The number of hydrogen-bond acceptors (Lipinski definition) is 4. The number of thioether (sulfide) groups is 1. The van der Waals surface area contributed by atoms with E-state index in [1.54, 1.807) is 11.8 Å². The zero-order valence-corrected chi connectivity index (χ0v) is 15.8. The van der Waals surface area contributed by atoms with E-state index in [1.165, 1.54) is 11.1 Å². The van der Waals surface area contributed by atoms with Gasteiger partial charge in [-0.15, -0.1) is 10.2 Å². The van der Waals surface area contributed by atoms with Gasteiger partial charge in [-0.25, -0.2) is 0 Å². The van der Waals surface area contributed by atoms with E-state index in [9.17, 15) is 4.79 Å². The standard InChI is InChI=1S/C20H22N4OS/c1-15-8-10-16(11-9-15)12-19(25)21-13-18-22-23-20(24(18)2)26-14-17-6-4-3-5-7-17/h3-11H,12-14H2,1-2H3,(H,21,25). The molecule has 0 saturated carbocycles. The van der Waals surface area contributed by atoms with E-state index in [4.69, 9.17) is 0 Å². The second kappa shape index (κ2) is 8.67. The van der Waals surface area contributed by atoms with Crippen LogP contribution in [0.2, 0.25) is 0 Å². The van der Waals surface area contributed by atoms with Crippen molar-refractivity contribution in [3.8, 4) is 0 Å². The number of aryl methyl sites for hydroxylation is 1. The van der Waals surface area contributed by atoms with E-state index >= 15 is 0 Å². The van der Waals surface area contributed by atoms with Crippen molar-refractivity contribution in [1.29, 1.82) is 0 Å². The van der Waals surface area contributed by atoms with Crippen LogP contribution >= 0.6 is 11.8 Å². The molecule has 1 N–H and O–H groups in total. The Hall–Kier alpha value is -2.60. The van der Waals surface area contributed by atoms with Gasteiger partial charge in [0.05, 0.1) is 13.0 Å². The highest BCUT2D eigenvalue weighted by Gasteiger charge is 2.11. The molecule has 0 aliphatic heterocycles. The van der Waals surface area contributed by atoms with Gasteiger partial charge in [-0.3, -0.25) is 4.79 Å². The topological polar surface area (TPSA) is 59.8 Å². The molecule has 2 aromatic carbocycles. The molecule has 3 rings (SSSR count). The highest BCUT2D eigenvalue weighted by Crippen LogP contribution is 2.20. The molecule has 26 heavy (non-hydrogen) atoms. The van der Waals surface area contributed by atoms with Gasteiger partial charge in [0.2, 0.25) is 5.91 Å². The smallest absolute Gasteiger partial charge is 0.224 e. The average molecular weight is 366 g/mol. The van der Waals surface area contributed by atoms with Crippen LogP contribution in [0.15, 0.2) is 59.8 Å². The maximum atomic E-state index is 12.1. The summed E-state index contributed by atoms with van der Waals surface area (Å²) in [5.74, 6) is 1.57. The van der Waals surface area contributed by atoms with Gasteiger partial charge >= 0.3 is 0 Å². The van der Waals surface area contributed by atoms with Crippen LogP contribution in [0.25, 0.3) is 0 Å². The van der Waals surface area contributed by atoms with Crippen LogP contribution in [0.5, 0.6) is 0 Å². The Morgan fingerprint density at radius 3 is 2.50 bits per heavy atom. The summed E-state index contributed by atoms with van der Waals surface area (Å²) < 4.78 is 1.93. The Morgan fingerprint density at radius 1 is 1.04 bits per heavy atom. The first-order chi connectivity index (χ1) is 12.6. The minimum Gasteiger partial charge on any atom is -0.349 e. The summed E-state index contributed by atoms with van der Waals surface area (Å²) in [4.78, 5) is 12.1. The van der Waals surface area contributed by atoms with Gasteiger partial charge in [-0.1, -0.05) is 71.9 Å². The third-order valence-corrected chi connectivity index (χ3v) is 5.16.